The Bertz CT molecular complexity index is 2020. The van der Waals surface area contributed by atoms with Gasteiger partial charge in [-0.15, -0.1) is 0 Å². The number of carbonyl (C=O) groups is 5. The number of hydrogen-bond acceptors (Lipinski definition) is 11. The van der Waals surface area contributed by atoms with Crippen LogP contribution in [0.15, 0.2) is 36.4 Å². The summed E-state index contributed by atoms with van der Waals surface area (Å²) in [5, 5.41) is 6.26. The van der Waals surface area contributed by atoms with E-state index in [9.17, 15) is 24.0 Å². The van der Waals surface area contributed by atoms with Crippen molar-refractivity contribution in [1.29, 1.82) is 0 Å². The van der Waals surface area contributed by atoms with Crippen molar-refractivity contribution < 1.29 is 47.7 Å². The molecule has 14 heteroatoms. The number of rotatable bonds is 4. The molecule has 1 spiro atoms. The fourth-order valence-electron chi connectivity index (χ4n) is 8.44. The Morgan fingerprint density at radius 3 is 2.60 bits per heavy atom. The monoisotopic (exact) mass is 756 g/mol. The number of ketones is 1. The van der Waals surface area contributed by atoms with Gasteiger partial charge in [0.05, 0.1) is 41.7 Å². The van der Waals surface area contributed by atoms with Gasteiger partial charge in [0.1, 0.15) is 23.3 Å². The van der Waals surface area contributed by atoms with Crippen molar-refractivity contribution in [2.75, 3.05) is 19.9 Å². The van der Waals surface area contributed by atoms with E-state index >= 15 is 0 Å². The lowest BCUT2D eigenvalue weighted by Gasteiger charge is -2.41. The Labute approximate surface area is 319 Å². The van der Waals surface area contributed by atoms with E-state index in [1.165, 1.54) is 4.90 Å². The van der Waals surface area contributed by atoms with Crippen LogP contribution < -0.4 is 24.8 Å². The molecule has 8 rings (SSSR count). The molecule has 2 aliphatic carbocycles. The molecule has 14 nitrogen and oxygen atoms in total. The highest BCUT2D eigenvalue weighted by Crippen LogP contribution is 2.53. The van der Waals surface area contributed by atoms with Gasteiger partial charge in [-0.05, 0) is 71.9 Å². The zero-order valence-electron chi connectivity index (χ0n) is 31.7. The van der Waals surface area contributed by atoms with E-state index in [4.69, 9.17) is 28.7 Å². The molecule has 1 saturated carbocycles. The quantitative estimate of drug-likeness (QED) is 0.312. The number of aromatic nitrogens is 1. The number of fused-ring (bicyclic) bond motifs is 7. The summed E-state index contributed by atoms with van der Waals surface area (Å²) >= 11 is 0. The Morgan fingerprint density at radius 2 is 1.87 bits per heavy atom. The molecule has 5 heterocycles. The summed E-state index contributed by atoms with van der Waals surface area (Å²) in [5.74, 6) is -1.04. The van der Waals surface area contributed by atoms with Crippen LogP contribution in [0.2, 0.25) is 0 Å². The van der Waals surface area contributed by atoms with Gasteiger partial charge in [-0.1, -0.05) is 37.1 Å². The molecule has 5 atom stereocenters. The number of esters is 1. The molecular formula is C41H48N4O10. The maximum absolute atomic E-state index is 14.8. The maximum atomic E-state index is 14.8. The van der Waals surface area contributed by atoms with Gasteiger partial charge in [-0.3, -0.25) is 14.4 Å². The lowest BCUT2D eigenvalue weighted by molar-refractivity contribution is -0.154. The van der Waals surface area contributed by atoms with Gasteiger partial charge >= 0.3 is 12.1 Å². The van der Waals surface area contributed by atoms with Crippen molar-refractivity contribution >= 4 is 40.6 Å². The standard InChI is InChI=1S/C41H48N4O10/c1-5-51-37(49)41-18-17-24(41)11-9-7-6-8-10-12-26(43-38(50)55-39(2,3)4)36(48)45-21-40(19-27(45)35(47)44-41)20-28(46)31-30-25(15-16-29-33(30)53-22-52-29)42-32(23-13-14-23)34(31)54-40/h9,11,15-18,23-24,26-27H,5-8,10,12-14,19-22H2,1-4H3,(H,43,50)(H,44,47)/b11-9-/t24-,26+,27+,40+,41-/m1/s1. The highest BCUT2D eigenvalue weighted by molar-refractivity contribution is 6.14. The van der Waals surface area contributed by atoms with Crippen LogP contribution in [0.1, 0.15) is 107 Å². The molecule has 0 radical (unpaired) electrons. The SMILES string of the molecule is CCOC(=O)[C@@]12C=C[C@H]1/C=C\CCCCC[C@H](NC(=O)OC(C)(C)C)C(=O)N1C[C@@]3(CC(=O)c4c(c(C5CC5)nc5ccc6c(c45)OCO6)O3)C[C@H]1C(=O)N2. The number of hydrogen-bond donors (Lipinski definition) is 2. The van der Waals surface area contributed by atoms with Gasteiger partial charge in [0.15, 0.2) is 28.6 Å². The first-order valence-electron chi connectivity index (χ1n) is 19.4. The van der Waals surface area contributed by atoms with Crippen LogP contribution in [0, 0.1) is 5.92 Å². The molecule has 1 aromatic carbocycles. The summed E-state index contributed by atoms with van der Waals surface area (Å²) in [6, 6.07) is 1.40. The number of amides is 3. The fraction of sp³-hybridized carbons (Fsp3) is 0.561. The van der Waals surface area contributed by atoms with Crippen molar-refractivity contribution in [3.8, 4) is 17.2 Å². The van der Waals surface area contributed by atoms with Crippen molar-refractivity contribution in [3.63, 3.8) is 0 Å². The number of pyridine rings is 1. The molecule has 3 amide bonds. The number of carbonyl (C=O) groups excluding carboxylic acids is 5. The third-order valence-electron chi connectivity index (χ3n) is 11.2. The first kappa shape index (κ1) is 36.8. The van der Waals surface area contributed by atoms with E-state index in [-0.39, 0.29) is 44.5 Å². The second-order valence-corrected chi connectivity index (χ2v) is 16.5. The van der Waals surface area contributed by atoms with Gasteiger partial charge < -0.3 is 39.2 Å². The highest BCUT2D eigenvalue weighted by atomic mass is 16.7. The van der Waals surface area contributed by atoms with E-state index in [1.54, 1.807) is 39.8 Å². The van der Waals surface area contributed by atoms with Crippen LogP contribution in [0.3, 0.4) is 0 Å². The predicted molar refractivity (Wildman–Crippen MR) is 198 cm³/mol. The molecule has 55 heavy (non-hydrogen) atoms. The molecule has 0 bridgehead atoms. The van der Waals surface area contributed by atoms with Gasteiger partial charge in [-0.25, -0.2) is 14.6 Å². The third kappa shape index (κ3) is 6.77. The minimum atomic E-state index is -1.48. The highest BCUT2D eigenvalue weighted by Gasteiger charge is 2.58. The Hall–Kier alpha value is -5.14. The van der Waals surface area contributed by atoms with E-state index in [2.05, 4.69) is 10.6 Å². The number of benzene rings is 1. The van der Waals surface area contributed by atoms with E-state index in [1.807, 2.05) is 24.3 Å². The zero-order chi connectivity index (χ0) is 38.7. The minimum absolute atomic E-state index is 0.0120. The molecule has 6 aliphatic rings. The molecule has 292 valence electrons. The first-order valence-corrected chi connectivity index (χ1v) is 19.4. The number of nitrogens with one attached hydrogen (secondary N) is 2. The molecule has 1 aromatic heterocycles. The van der Waals surface area contributed by atoms with Crippen molar-refractivity contribution in [2.45, 2.75) is 120 Å². The van der Waals surface area contributed by atoms with Gasteiger partial charge in [0.25, 0.3) is 0 Å². The summed E-state index contributed by atoms with van der Waals surface area (Å²) in [6.45, 7) is 6.91. The van der Waals surface area contributed by atoms with Crippen LogP contribution in [-0.2, 0) is 23.9 Å². The number of Topliss-reactive ketones (excluding diaryl/α,β-unsaturated/α-hetero) is 1. The summed E-state index contributed by atoms with van der Waals surface area (Å²) in [4.78, 5) is 77.2. The number of alkyl carbamates (subject to hydrolysis) is 1. The molecular weight excluding hydrogens is 708 g/mol. The lowest BCUT2D eigenvalue weighted by atomic mass is 9.73. The van der Waals surface area contributed by atoms with E-state index < -0.39 is 58.6 Å². The average Bonchev–Trinajstić information content (AvgIpc) is 3.73. The van der Waals surface area contributed by atoms with Crippen molar-refractivity contribution in [3.05, 3.63) is 47.7 Å². The number of nitrogens with zero attached hydrogens (tertiary/aromatic N) is 2. The Balaban J connectivity index is 1.20. The molecule has 4 aliphatic heterocycles. The topological polar surface area (TPSA) is 172 Å². The summed E-state index contributed by atoms with van der Waals surface area (Å²) < 4.78 is 29.5. The molecule has 2 fully saturated rings. The number of ether oxygens (including phenoxy) is 5. The van der Waals surface area contributed by atoms with Crippen LogP contribution in [0.25, 0.3) is 10.9 Å². The maximum Gasteiger partial charge on any atom is 0.408 e. The fourth-order valence-corrected chi connectivity index (χ4v) is 8.44. The average molecular weight is 757 g/mol. The molecule has 1 saturated heterocycles. The Morgan fingerprint density at radius 1 is 1.05 bits per heavy atom. The third-order valence-corrected chi connectivity index (χ3v) is 11.2. The molecule has 0 unspecified atom stereocenters. The van der Waals surface area contributed by atoms with Gasteiger partial charge in [0.2, 0.25) is 18.6 Å². The Kier molecular flexibility index (Phi) is 9.28. The van der Waals surface area contributed by atoms with Crippen LogP contribution in [0.5, 0.6) is 17.2 Å². The lowest BCUT2D eigenvalue weighted by Crippen LogP contribution is -2.65. The van der Waals surface area contributed by atoms with Gasteiger partial charge in [-0.2, -0.15) is 0 Å². The van der Waals surface area contributed by atoms with Crippen molar-refractivity contribution in [1.82, 2.24) is 20.5 Å². The second-order valence-electron chi connectivity index (χ2n) is 16.5. The van der Waals surface area contributed by atoms with Crippen LogP contribution in [-0.4, -0.2) is 88.3 Å². The number of allylic oxidation sites excluding steroid dienone is 1. The summed E-state index contributed by atoms with van der Waals surface area (Å²) in [5.41, 5.74) is -1.99. The van der Waals surface area contributed by atoms with E-state index in [0.717, 1.165) is 32.1 Å². The second kappa shape index (κ2) is 13.9. The predicted octanol–water partition coefficient (Wildman–Crippen LogP) is 5.16. The normalized spacial score (nSPS) is 29.5. The largest absolute Gasteiger partial charge is 0.482 e. The first-order chi connectivity index (χ1) is 26.3. The minimum Gasteiger partial charge on any atom is -0.482 e. The van der Waals surface area contributed by atoms with E-state index in [0.29, 0.717) is 52.3 Å². The van der Waals surface area contributed by atoms with Crippen LogP contribution >= 0.6 is 0 Å². The summed E-state index contributed by atoms with van der Waals surface area (Å²) in [7, 11) is 0. The van der Waals surface area contributed by atoms with Crippen LogP contribution in [0.4, 0.5) is 4.79 Å². The molecule has 2 aromatic rings. The molecule has 2 N–H and O–H groups in total. The van der Waals surface area contributed by atoms with Gasteiger partial charge in [0, 0.05) is 18.3 Å². The smallest absolute Gasteiger partial charge is 0.408 e. The zero-order valence-corrected chi connectivity index (χ0v) is 31.7. The van der Waals surface area contributed by atoms with Crippen molar-refractivity contribution in [2.24, 2.45) is 5.92 Å². The summed E-state index contributed by atoms with van der Waals surface area (Å²) in [6.07, 6.45) is 11.4.